The smallest absolute Gasteiger partial charge is 0.325 e. The Morgan fingerprint density at radius 3 is 2.58 bits per heavy atom. The van der Waals surface area contributed by atoms with E-state index >= 15 is 0 Å². The maximum Gasteiger partial charge on any atom is 0.325 e. The van der Waals surface area contributed by atoms with E-state index < -0.39 is 15.1 Å². The normalized spacial score (nSPS) is 13.5. The molecule has 0 aliphatic carbocycles. The van der Waals surface area contributed by atoms with Crippen molar-refractivity contribution in [2.75, 3.05) is 49.3 Å². The van der Waals surface area contributed by atoms with E-state index in [1.165, 1.54) is 31.3 Å². The molecule has 0 radical (unpaired) electrons. The fourth-order valence-corrected chi connectivity index (χ4v) is 5.35. The summed E-state index contributed by atoms with van der Waals surface area (Å²) in [4.78, 5) is 36.4. The minimum atomic E-state index is -3.57. The number of nitrogens with one attached hydrogen (secondary N) is 3. The van der Waals surface area contributed by atoms with Crippen molar-refractivity contribution in [1.82, 2.24) is 20.2 Å². The number of likely N-dealkylation sites (N-methyl/N-ethyl adjacent to an activating group) is 1. The van der Waals surface area contributed by atoms with Gasteiger partial charge in [0.2, 0.25) is 11.9 Å². The molecule has 14 heteroatoms. The van der Waals surface area contributed by atoms with Crippen LogP contribution in [0.15, 0.2) is 53.6 Å². The lowest BCUT2D eigenvalue weighted by molar-refractivity contribution is -0.121. The third-order valence-corrected chi connectivity index (χ3v) is 8.75. The van der Waals surface area contributed by atoms with Gasteiger partial charge in [0.1, 0.15) is 17.3 Å². The number of halogens is 1. The molecule has 3 N–H and O–H groups in total. The third-order valence-electron chi connectivity index (χ3n) is 6.26. The molecule has 2 aromatic carbocycles. The molecule has 3 aromatic rings. The molecule has 0 bridgehead atoms. The van der Waals surface area contributed by atoms with Gasteiger partial charge >= 0.3 is 6.03 Å². The van der Waals surface area contributed by atoms with Crippen LogP contribution in [-0.4, -0.2) is 74.3 Å². The number of hydrogen-bond acceptors (Lipinski definition) is 9. The first-order valence-corrected chi connectivity index (χ1v) is 14.3. The van der Waals surface area contributed by atoms with Crippen molar-refractivity contribution < 1.29 is 22.7 Å². The number of para-hydroxylation sites is 1. The second-order valence-corrected chi connectivity index (χ2v) is 12.0. The molecule has 2 heterocycles. The highest BCUT2D eigenvalue weighted by atomic mass is 35.5. The number of carbonyl (C=O) groups is 2. The second kappa shape index (κ2) is 12.0. The second-order valence-electron chi connectivity index (χ2n) is 9.14. The molecule has 40 heavy (non-hydrogen) atoms. The summed E-state index contributed by atoms with van der Waals surface area (Å²) >= 11 is 6.34. The van der Waals surface area contributed by atoms with Gasteiger partial charge in [-0.2, -0.15) is 4.98 Å². The van der Waals surface area contributed by atoms with Crippen LogP contribution in [0, 0.1) is 0 Å². The molecule has 4 rings (SSSR count). The topological polar surface area (TPSA) is 146 Å². The van der Waals surface area contributed by atoms with Crippen molar-refractivity contribution >= 4 is 62.2 Å². The molecule has 1 aliphatic rings. The molecule has 1 aromatic heterocycles. The molecule has 0 atom stereocenters. The Morgan fingerprint density at radius 1 is 1.12 bits per heavy atom. The number of carbonyl (C=O) groups excluding carboxylic acids is 2. The van der Waals surface area contributed by atoms with Crippen molar-refractivity contribution in [3.63, 3.8) is 0 Å². The highest BCUT2D eigenvalue weighted by Crippen LogP contribution is 2.34. The summed E-state index contributed by atoms with van der Waals surface area (Å²) < 4.78 is 31.2. The molecule has 1 fully saturated rings. The molecule has 3 amide bonds. The van der Waals surface area contributed by atoms with Crippen LogP contribution in [0.5, 0.6) is 5.75 Å². The predicted molar refractivity (Wildman–Crippen MR) is 154 cm³/mol. The van der Waals surface area contributed by atoms with Crippen LogP contribution in [-0.2, 0) is 14.6 Å². The van der Waals surface area contributed by atoms with Crippen molar-refractivity contribution in [3.8, 4) is 5.75 Å². The van der Waals surface area contributed by atoms with Crippen LogP contribution in [0.4, 0.5) is 33.6 Å². The lowest BCUT2D eigenvalue weighted by atomic mass is 10.2. The number of amides is 3. The van der Waals surface area contributed by atoms with Gasteiger partial charge in [0, 0.05) is 31.9 Å². The average Bonchev–Trinajstić information content (AvgIpc) is 3.30. The standard InChI is InChI=1S/C26H30ClN7O5S/c1-16(2)40(37,38)22-8-6-5-7-20(22)30-24-18(27)14-29-25(32-24)31-19-10-9-17(13-21(19)39-4)34-12-11-33(26(34)36)15-23(35)28-3/h5-10,13-14,16H,11-12,15H2,1-4H3,(H,28,35)(H2,29,30,31,32). The SMILES string of the molecule is CNC(=O)CN1CCN(c2ccc(Nc3ncc(Cl)c(Nc4ccccc4S(=O)(=O)C(C)C)n3)c(OC)c2)C1=O. The van der Waals surface area contributed by atoms with E-state index in [0.717, 1.165) is 0 Å². The van der Waals surface area contributed by atoms with Crippen LogP contribution >= 0.6 is 11.6 Å². The van der Waals surface area contributed by atoms with Gasteiger partial charge in [-0.3, -0.25) is 9.69 Å². The van der Waals surface area contributed by atoms with Crippen LogP contribution in [0.1, 0.15) is 13.8 Å². The Balaban J connectivity index is 1.56. The van der Waals surface area contributed by atoms with Gasteiger partial charge in [-0.25, -0.2) is 18.2 Å². The summed E-state index contributed by atoms with van der Waals surface area (Å²) in [5.41, 5.74) is 1.47. The monoisotopic (exact) mass is 587 g/mol. The van der Waals surface area contributed by atoms with Crippen LogP contribution in [0.25, 0.3) is 0 Å². The van der Waals surface area contributed by atoms with Gasteiger partial charge < -0.3 is 25.6 Å². The van der Waals surface area contributed by atoms with E-state index in [9.17, 15) is 18.0 Å². The first-order valence-electron chi connectivity index (χ1n) is 12.4. The average molecular weight is 588 g/mol. The maximum atomic E-state index is 12.9. The summed E-state index contributed by atoms with van der Waals surface area (Å²) in [6, 6.07) is 11.4. The zero-order valence-electron chi connectivity index (χ0n) is 22.4. The number of sulfone groups is 1. The Labute approximate surface area is 237 Å². The molecule has 0 spiro atoms. The highest BCUT2D eigenvalue weighted by molar-refractivity contribution is 7.92. The summed E-state index contributed by atoms with van der Waals surface area (Å²) in [5.74, 6) is 0.571. The number of nitrogens with zero attached hydrogens (tertiary/aromatic N) is 4. The summed E-state index contributed by atoms with van der Waals surface area (Å²) in [7, 11) is -0.546. The molecule has 1 saturated heterocycles. The van der Waals surface area contributed by atoms with Crippen molar-refractivity contribution in [3.05, 3.63) is 53.7 Å². The van der Waals surface area contributed by atoms with E-state index in [1.54, 1.807) is 55.1 Å². The maximum absolute atomic E-state index is 12.9. The van der Waals surface area contributed by atoms with Crippen LogP contribution in [0.2, 0.25) is 5.02 Å². The number of urea groups is 1. The lowest BCUT2D eigenvalue weighted by Gasteiger charge is -2.20. The molecular weight excluding hydrogens is 558 g/mol. The number of anilines is 5. The Bertz CT molecular complexity index is 1530. The number of benzene rings is 2. The number of rotatable bonds is 10. The zero-order chi connectivity index (χ0) is 29.0. The summed E-state index contributed by atoms with van der Waals surface area (Å²) in [6.45, 7) is 4.07. The fourth-order valence-electron chi connectivity index (χ4n) is 4.01. The Morgan fingerprint density at radius 2 is 1.88 bits per heavy atom. The molecule has 12 nitrogen and oxygen atoms in total. The quantitative estimate of drug-likeness (QED) is 0.322. The van der Waals surface area contributed by atoms with Gasteiger partial charge in [-0.1, -0.05) is 23.7 Å². The molecule has 1 aliphatic heterocycles. The minimum absolute atomic E-state index is 0.0131. The van der Waals surface area contributed by atoms with Gasteiger partial charge in [0.05, 0.1) is 34.8 Å². The summed E-state index contributed by atoms with van der Waals surface area (Å²) in [6.07, 6.45) is 1.39. The first-order chi connectivity index (χ1) is 19.0. The number of hydrogen-bond donors (Lipinski definition) is 3. The summed E-state index contributed by atoms with van der Waals surface area (Å²) in [5, 5.41) is 8.20. The Hall–Kier alpha value is -4.10. The van der Waals surface area contributed by atoms with Gasteiger partial charge in [-0.05, 0) is 38.1 Å². The highest BCUT2D eigenvalue weighted by Gasteiger charge is 2.31. The van der Waals surface area contributed by atoms with Crippen molar-refractivity contribution in [2.45, 2.75) is 24.0 Å². The van der Waals surface area contributed by atoms with Gasteiger partial charge in [0.15, 0.2) is 15.7 Å². The minimum Gasteiger partial charge on any atom is -0.494 e. The Kier molecular flexibility index (Phi) is 8.64. The zero-order valence-corrected chi connectivity index (χ0v) is 24.0. The number of ether oxygens (including phenoxy) is 1. The lowest BCUT2D eigenvalue weighted by Crippen LogP contribution is -2.38. The van der Waals surface area contributed by atoms with E-state index in [-0.39, 0.29) is 40.2 Å². The van der Waals surface area contributed by atoms with Gasteiger partial charge in [0.25, 0.3) is 0 Å². The van der Waals surface area contributed by atoms with E-state index in [2.05, 4.69) is 25.9 Å². The third kappa shape index (κ3) is 6.05. The van der Waals surface area contributed by atoms with E-state index in [4.69, 9.17) is 16.3 Å². The van der Waals surface area contributed by atoms with Gasteiger partial charge in [-0.15, -0.1) is 0 Å². The number of aromatic nitrogens is 2. The van der Waals surface area contributed by atoms with Crippen LogP contribution in [0.3, 0.4) is 0 Å². The molecule has 0 saturated carbocycles. The number of methoxy groups -OCH3 is 1. The van der Waals surface area contributed by atoms with Crippen LogP contribution < -0.4 is 25.6 Å². The van der Waals surface area contributed by atoms with Crippen molar-refractivity contribution in [2.24, 2.45) is 0 Å². The fraction of sp³-hybridized carbons (Fsp3) is 0.308. The molecule has 0 unspecified atom stereocenters. The molecular formula is C26H30ClN7O5S. The van der Waals surface area contributed by atoms with E-state index in [0.29, 0.717) is 35.9 Å². The largest absolute Gasteiger partial charge is 0.494 e. The molecule has 212 valence electrons. The van der Waals surface area contributed by atoms with Crippen molar-refractivity contribution in [1.29, 1.82) is 0 Å². The van der Waals surface area contributed by atoms with E-state index in [1.807, 2.05) is 0 Å². The first kappa shape index (κ1) is 28.9. The predicted octanol–water partition coefficient (Wildman–Crippen LogP) is 3.80.